The van der Waals surface area contributed by atoms with Gasteiger partial charge in [-0.15, -0.1) is 0 Å². The molecule has 6 heteroatoms. The number of hydrogen-bond acceptors (Lipinski definition) is 3. The fourth-order valence-corrected chi connectivity index (χ4v) is 5.60. The standard InChI is InChI=1S/C19H28N2O3S/c1-15-12-16(2)14-18(13-15)25(23,24)21-10-8-20(9-11-21)19(22)17-6-4-3-5-7-17/h12-14,17H,3-11H2,1-2H3. The fourth-order valence-electron chi connectivity index (χ4n) is 3.99. The van der Waals surface area contributed by atoms with Crippen LogP contribution in [-0.4, -0.2) is 49.7 Å². The first-order valence-electron chi connectivity index (χ1n) is 9.25. The van der Waals surface area contributed by atoms with Gasteiger partial charge in [0.05, 0.1) is 4.90 Å². The summed E-state index contributed by atoms with van der Waals surface area (Å²) >= 11 is 0. The van der Waals surface area contributed by atoms with E-state index in [1.54, 1.807) is 12.1 Å². The molecule has 0 radical (unpaired) electrons. The Morgan fingerprint density at radius 2 is 1.48 bits per heavy atom. The average molecular weight is 365 g/mol. The van der Waals surface area contributed by atoms with Crippen molar-refractivity contribution in [2.75, 3.05) is 26.2 Å². The summed E-state index contributed by atoms with van der Waals surface area (Å²) in [5.41, 5.74) is 1.90. The number of aryl methyl sites for hydroxylation is 2. The number of amides is 1. The summed E-state index contributed by atoms with van der Waals surface area (Å²) in [5, 5.41) is 0. The number of carbonyl (C=O) groups is 1. The Kier molecular flexibility index (Phi) is 5.49. The molecule has 1 aliphatic heterocycles. The van der Waals surface area contributed by atoms with Crippen molar-refractivity contribution in [3.05, 3.63) is 29.3 Å². The summed E-state index contributed by atoms with van der Waals surface area (Å²) in [6.07, 6.45) is 5.47. The molecule has 1 aliphatic carbocycles. The quantitative estimate of drug-likeness (QED) is 0.829. The molecule has 1 heterocycles. The van der Waals surface area contributed by atoms with Gasteiger partial charge in [0, 0.05) is 32.1 Å². The van der Waals surface area contributed by atoms with Gasteiger partial charge in [-0.05, 0) is 49.9 Å². The van der Waals surface area contributed by atoms with E-state index in [0.29, 0.717) is 31.1 Å². The summed E-state index contributed by atoms with van der Waals surface area (Å²) in [4.78, 5) is 14.8. The number of carbonyl (C=O) groups excluding carboxylic acids is 1. The molecule has 0 bridgehead atoms. The Labute approximate surface area is 151 Å². The van der Waals surface area contributed by atoms with Gasteiger partial charge < -0.3 is 4.90 Å². The summed E-state index contributed by atoms with van der Waals surface area (Å²) in [5.74, 6) is 0.375. The lowest BCUT2D eigenvalue weighted by atomic mass is 9.88. The molecule has 138 valence electrons. The first-order valence-corrected chi connectivity index (χ1v) is 10.7. The Balaban J connectivity index is 1.65. The molecule has 3 rings (SSSR count). The fraction of sp³-hybridized carbons (Fsp3) is 0.632. The van der Waals surface area contributed by atoms with Crippen LogP contribution in [0.15, 0.2) is 23.1 Å². The predicted molar refractivity (Wildman–Crippen MR) is 97.8 cm³/mol. The zero-order valence-corrected chi connectivity index (χ0v) is 16.0. The highest BCUT2D eigenvalue weighted by atomic mass is 32.2. The molecule has 1 amide bonds. The second kappa shape index (κ2) is 7.46. The molecule has 1 aromatic rings. The molecule has 25 heavy (non-hydrogen) atoms. The minimum atomic E-state index is -3.49. The van der Waals surface area contributed by atoms with Crippen LogP contribution in [0.1, 0.15) is 43.2 Å². The van der Waals surface area contributed by atoms with E-state index in [1.165, 1.54) is 10.7 Å². The number of hydrogen-bond donors (Lipinski definition) is 0. The summed E-state index contributed by atoms with van der Waals surface area (Å²) in [6, 6.07) is 5.42. The summed E-state index contributed by atoms with van der Waals surface area (Å²) < 4.78 is 27.3. The minimum absolute atomic E-state index is 0.149. The second-order valence-electron chi connectivity index (χ2n) is 7.39. The van der Waals surface area contributed by atoms with Crippen molar-refractivity contribution in [1.29, 1.82) is 0 Å². The van der Waals surface area contributed by atoms with Crippen molar-refractivity contribution in [2.45, 2.75) is 50.8 Å². The molecule has 1 aromatic carbocycles. The highest BCUT2D eigenvalue weighted by molar-refractivity contribution is 7.89. The van der Waals surface area contributed by atoms with E-state index in [4.69, 9.17) is 0 Å². The maximum absolute atomic E-state index is 12.9. The number of benzene rings is 1. The predicted octanol–water partition coefficient (Wildman–Crippen LogP) is 2.72. The van der Waals surface area contributed by atoms with Crippen molar-refractivity contribution in [1.82, 2.24) is 9.21 Å². The van der Waals surface area contributed by atoms with E-state index < -0.39 is 10.0 Å². The number of sulfonamides is 1. The van der Waals surface area contributed by atoms with E-state index in [1.807, 2.05) is 24.8 Å². The molecule has 0 atom stereocenters. The second-order valence-corrected chi connectivity index (χ2v) is 9.33. The number of piperazine rings is 1. The molecule has 0 N–H and O–H groups in total. The first-order chi connectivity index (χ1) is 11.9. The lowest BCUT2D eigenvalue weighted by Gasteiger charge is -2.36. The van der Waals surface area contributed by atoms with Crippen LogP contribution in [0.3, 0.4) is 0 Å². The van der Waals surface area contributed by atoms with Crippen molar-refractivity contribution < 1.29 is 13.2 Å². The van der Waals surface area contributed by atoms with E-state index in [2.05, 4.69) is 0 Å². The van der Waals surface area contributed by atoms with Crippen LogP contribution in [0.2, 0.25) is 0 Å². The van der Waals surface area contributed by atoms with Crippen LogP contribution < -0.4 is 0 Å². The molecule has 5 nitrogen and oxygen atoms in total. The summed E-state index contributed by atoms with van der Waals surface area (Å²) in [7, 11) is -3.49. The first kappa shape index (κ1) is 18.4. The van der Waals surface area contributed by atoms with Gasteiger partial charge in [0.1, 0.15) is 0 Å². The Morgan fingerprint density at radius 1 is 0.920 bits per heavy atom. The van der Waals surface area contributed by atoms with Gasteiger partial charge in [0.25, 0.3) is 0 Å². The largest absolute Gasteiger partial charge is 0.340 e. The summed E-state index contributed by atoms with van der Waals surface area (Å²) in [6.45, 7) is 5.58. The lowest BCUT2D eigenvalue weighted by Crippen LogP contribution is -2.52. The van der Waals surface area contributed by atoms with Crippen molar-refractivity contribution in [3.8, 4) is 0 Å². The third-order valence-electron chi connectivity index (χ3n) is 5.34. The van der Waals surface area contributed by atoms with Crippen LogP contribution in [0, 0.1) is 19.8 Å². The molecule has 2 fully saturated rings. The van der Waals surface area contributed by atoms with Gasteiger partial charge in [-0.2, -0.15) is 4.31 Å². The van der Waals surface area contributed by atoms with Crippen LogP contribution in [0.25, 0.3) is 0 Å². The average Bonchev–Trinajstić information content (AvgIpc) is 2.61. The Hall–Kier alpha value is -1.40. The van der Waals surface area contributed by atoms with Crippen molar-refractivity contribution in [2.24, 2.45) is 5.92 Å². The van der Waals surface area contributed by atoms with Gasteiger partial charge in [-0.3, -0.25) is 4.79 Å². The SMILES string of the molecule is Cc1cc(C)cc(S(=O)(=O)N2CCN(C(=O)C3CCCCC3)CC2)c1. The molecule has 0 spiro atoms. The maximum Gasteiger partial charge on any atom is 0.243 e. The highest BCUT2D eigenvalue weighted by Crippen LogP contribution is 2.26. The van der Waals surface area contributed by atoms with Gasteiger partial charge in [-0.1, -0.05) is 25.3 Å². The molecule has 0 aromatic heterocycles. The third kappa shape index (κ3) is 4.06. The topological polar surface area (TPSA) is 57.7 Å². The Bertz CT molecular complexity index is 711. The van der Waals surface area contributed by atoms with Crippen LogP contribution >= 0.6 is 0 Å². The monoisotopic (exact) mass is 364 g/mol. The van der Waals surface area contributed by atoms with Crippen LogP contribution in [0.4, 0.5) is 0 Å². The van der Waals surface area contributed by atoms with Crippen molar-refractivity contribution in [3.63, 3.8) is 0 Å². The molecular formula is C19H28N2O3S. The van der Waals surface area contributed by atoms with E-state index >= 15 is 0 Å². The van der Waals surface area contributed by atoms with Gasteiger partial charge in [0.2, 0.25) is 15.9 Å². The molecular weight excluding hydrogens is 336 g/mol. The number of rotatable bonds is 3. The lowest BCUT2D eigenvalue weighted by molar-refractivity contribution is -0.137. The Morgan fingerprint density at radius 3 is 2.04 bits per heavy atom. The minimum Gasteiger partial charge on any atom is -0.340 e. The third-order valence-corrected chi connectivity index (χ3v) is 7.21. The zero-order chi connectivity index (χ0) is 18.0. The van der Waals surface area contributed by atoms with Gasteiger partial charge >= 0.3 is 0 Å². The van der Waals surface area contributed by atoms with E-state index in [-0.39, 0.29) is 11.8 Å². The molecule has 2 aliphatic rings. The van der Waals surface area contributed by atoms with Crippen LogP contribution in [-0.2, 0) is 14.8 Å². The van der Waals surface area contributed by atoms with Crippen molar-refractivity contribution >= 4 is 15.9 Å². The smallest absolute Gasteiger partial charge is 0.243 e. The van der Waals surface area contributed by atoms with Crippen LogP contribution in [0.5, 0.6) is 0 Å². The van der Waals surface area contributed by atoms with Gasteiger partial charge in [0.15, 0.2) is 0 Å². The normalized spacial score (nSPS) is 20.6. The van der Waals surface area contributed by atoms with E-state index in [9.17, 15) is 13.2 Å². The van der Waals surface area contributed by atoms with E-state index in [0.717, 1.165) is 36.8 Å². The highest BCUT2D eigenvalue weighted by Gasteiger charge is 2.33. The molecule has 0 unspecified atom stereocenters. The number of nitrogens with zero attached hydrogens (tertiary/aromatic N) is 2. The molecule has 1 saturated carbocycles. The zero-order valence-electron chi connectivity index (χ0n) is 15.2. The van der Waals surface area contributed by atoms with Gasteiger partial charge in [-0.25, -0.2) is 8.42 Å². The maximum atomic E-state index is 12.9. The molecule has 1 saturated heterocycles.